The third-order valence-corrected chi connectivity index (χ3v) is 3.98. The van der Waals surface area contributed by atoms with Crippen molar-refractivity contribution in [2.45, 2.75) is 46.8 Å². The van der Waals surface area contributed by atoms with Crippen molar-refractivity contribution < 1.29 is 9.53 Å². The molecule has 3 N–H and O–H groups in total. The van der Waals surface area contributed by atoms with Gasteiger partial charge in [-0.15, -0.1) is 0 Å². The maximum absolute atomic E-state index is 11.7. The number of aromatic nitrogens is 2. The standard InChI is InChI=1S/C21H32N6O2/c1-15-13-16(2)27(26-15)18-10-8-7-9-17(18)14-25-19(22-6)23-11-12-24-20(28)29-21(3,4)5/h7-10,13H,11-12,14H2,1-6H3,(H,24,28)(H2,22,23,25). The van der Waals surface area contributed by atoms with Gasteiger partial charge in [0.05, 0.1) is 11.4 Å². The fourth-order valence-electron chi connectivity index (χ4n) is 2.80. The Hall–Kier alpha value is -3.03. The molecule has 8 heteroatoms. The second-order valence-electron chi connectivity index (χ2n) is 7.75. The van der Waals surface area contributed by atoms with Crippen molar-refractivity contribution in [2.24, 2.45) is 4.99 Å². The van der Waals surface area contributed by atoms with Gasteiger partial charge in [-0.05, 0) is 52.3 Å². The van der Waals surface area contributed by atoms with Crippen molar-refractivity contribution in [3.05, 3.63) is 47.3 Å². The molecule has 0 saturated heterocycles. The molecule has 2 rings (SSSR count). The van der Waals surface area contributed by atoms with Gasteiger partial charge in [0, 0.05) is 32.4 Å². The first-order valence-corrected chi connectivity index (χ1v) is 9.72. The largest absolute Gasteiger partial charge is 0.444 e. The smallest absolute Gasteiger partial charge is 0.407 e. The average Bonchev–Trinajstić information content (AvgIpc) is 2.98. The molecule has 1 aromatic carbocycles. The van der Waals surface area contributed by atoms with E-state index in [1.54, 1.807) is 7.05 Å². The zero-order valence-electron chi connectivity index (χ0n) is 18.2. The minimum Gasteiger partial charge on any atom is -0.444 e. The lowest BCUT2D eigenvalue weighted by Gasteiger charge is -2.20. The zero-order chi connectivity index (χ0) is 21.4. The van der Waals surface area contributed by atoms with Crippen molar-refractivity contribution in [1.29, 1.82) is 0 Å². The van der Waals surface area contributed by atoms with Crippen molar-refractivity contribution in [3.63, 3.8) is 0 Å². The number of nitrogens with zero attached hydrogens (tertiary/aromatic N) is 3. The zero-order valence-corrected chi connectivity index (χ0v) is 18.2. The highest BCUT2D eigenvalue weighted by atomic mass is 16.6. The third kappa shape index (κ3) is 7.14. The Kier molecular flexibility index (Phi) is 7.64. The number of ether oxygens (including phenoxy) is 1. The van der Waals surface area contributed by atoms with Crippen molar-refractivity contribution in [1.82, 2.24) is 25.7 Å². The van der Waals surface area contributed by atoms with E-state index < -0.39 is 11.7 Å². The summed E-state index contributed by atoms with van der Waals surface area (Å²) in [6.45, 7) is 11.1. The van der Waals surface area contributed by atoms with E-state index in [-0.39, 0.29) is 0 Å². The summed E-state index contributed by atoms with van der Waals surface area (Å²) < 4.78 is 7.16. The van der Waals surface area contributed by atoms with Gasteiger partial charge < -0.3 is 20.7 Å². The highest BCUT2D eigenvalue weighted by Crippen LogP contribution is 2.16. The van der Waals surface area contributed by atoms with Gasteiger partial charge in [0.2, 0.25) is 0 Å². The summed E-state index contributed by atoms with van der Waals surface area (Å²) in [5, 5.41) is 13.8. The molecule has 0 aliphatic carbocycles. The number of aliphatic imine (C=N–C) groups is 1. The molecule has 1 heterocycles. The quantitative estimate of drug-likeness (QED) is 0.394. The van der Waals surface area contributed by atoms with E-state index in [2.05, 4.69) is 44.2 Å². The van der Waals surface area contributed by atoms with Crippen LogP contribution in [-0.4, -0.2) is 47.6 Å². The summed E-state index contributed by atoms with van der Waals surface area (Å²) in [7, 11) is 1.71. The molecule has 0 fully saturated rings. The molecular formula is C21H32N6O2. The molecule has 0 bridgehead atoms. The monoisotopic (exact) mass is 400 g/mol. The minimum atomic E-state index is -0.506. The van der Waals surface area contributed by atoms with Crippen LogP contribution in [0.25, 0.3) is 5.69 Å². The lowest BCUT2D eigenvalue weighted by atomic mass is 10.1. The van der Waals surface area contributed by atoms with Gasteiger partial charge in [-0.3, -0.25) is 4.99 Å². The molecule has 2 aromatic rings. The number of hydrogen-bond acceptors (Lipinski definition) is 4. The van der Waals surface area contributed by atoms with Crippen molar-refractivity contribution in [3.8, 4) is 5.69 Å². The van der Waals surface area contributed by atoms with Crippen LogP contribution in [0.4, 0.5) is 4.79 Å². The predicted molar refractivity (Wildman–Crippen MR) is 115 cm³/mol. The minimum absolute atomic E-state index is 0.429. The maximum Gasteiger partial charge on any atom is 0.407 e. The Morgan fingerprint density at radius 3 is 2.45 bits per heavy atom. The second-order valence-corrected chi connectivity index (χ2v) is 7.75. The number of hydrogen-bond donors (Lipinski definition) is 3. The number of rotatable bonds is 6. The summed E-state index contributed by atoms with van der Waals surface area (Å²) in [6.07, 6.45) is -0.430. The Balaban J connectivity index is 1.87. The first-order chi connectivity index (χ1) is 13.7. The highest BCUT2D eigenvalue weighted by molar-refractivity contribution is 5.79. The Labute approximate surface area is 172 Å². The SMILES string of the molecule is CN=C(NCCNC(=O)OC(C)(C)C)NCc1ccccc1-n1nc(C)cc1C. The maximum atomic E-state index is 11.7. The van der Waals surface area contributed by atoms with E-state index in [1.807, 2.05) is 51.4 Å². The number of alkyl carbamates (subject to hydrolysis) is 1. The van der Waals surface area contributed by atoms with Crippen LogP contribution in [0.1, 0.15) is 37.7 Å². The molecule has 1 amide bonds. The van der Waals surface area contributed by atoms with Crippen LogP contribution in [-0.2, 0) is 11.3 Å². The molecule has 0 unspecified atom stereocenters. The number of carbonyl (C=O) groups excluding carboxylic acids is 1. The molecule has 1 aromatic heterocycles. The van der Waals surface area contributed by atoms with Crippen LogP contribution in [0, 0.1) is 13.8 Å². The van der Waals surface area contributed by atoms with Crippen LogP contribution in [0.5, 0.6) is 0 Å². The highest BCUT2D eigenvalue weighted by Gasteiger charge is 2.15. The number of aryl methyl sites for hydroxylation is 2. The van der Waals surface area contributed by atoms with Crippen LogP contribution in [0.3, 0.4) is 0 Å². The number of carbonyl (C=O) groups is 1. The summed E-state index contributed by atoms with van der Waals surface area (Å²) in [5.41, 5.74) is 3.71. The lowest BCUT2D eigenvalue weighted by molar-refractivity contribution is 0.0529. The number of amides is 1. The predicted octanol–water partition coefficient (Wildman–Crippen LogP) is 2.68. The van der Waals surface area contributed by atoms with Crippen molar-refractivity contribution >= 4 is 12.1 Å². The van der Waals surface area contributed by atoms with Gasteiger partial charge in [-0.1, -0.05) is 18.2 Å². The summed E-state index contributed by atoms with van der Waals surface area (Å²) in [6, 6.07) is 10.2. The van der Waals surface area contributed by atoms with Crippen LogP contribution in [0.15, 0.2) is 35.3 Å². The Morgan fingerprint density at radius 2 is 1.83 bits per heavy atom. The fourth-order valence-corrected chi connectivity index (χ4v) is 2.80. The van der Waals surface area contributed by atoms with E-state index in [9.17, 15) is 4.79 Å². The average molecular weight is 401 g/mol. The Bertz CT molecular complexity index is 851. The van der Waals surface area contributed by atoms with Crippen molar-refractivity contribution in [2.75, 3.05) is 20.1 Å². The molecule has 29 heavy (non-hydrogen) atoms. The van der Waals surface area contributed by atoms with Crippen LogP contribution >= 0.6 is 0 Å². The number of benzene rings is 1. The number of nitrogens with one attached hydrogen (secondary N) is 3. The molecular weight excluding hydrogens is 368 g/mol. The molecule has 0 aliphatic rings. The number of para-hydroxylation sites is 1. The molecule has 0 saturated carbocycles. The molecule has 0 aliphatic heterocycles. The fraction of sp³-hybridized carbons (Fsp3) is 0.476. The number of guanidine groups is 1. The summed E-state index contributed by atoms with van der Waals surface area (Å²) >= 11 is 0. The molecule has 0 spiro atoms. The molecule has 158 valence electrons. The van der Waals surface area contributed by atoms with E-state index in [0.29, 0.717) is 25.6 Å². The van der Waals surface area contributed by atoms with Gasteiger partial charge in [0.1, 0.15) is 5.60 Å². The summed E-state index contributed by atoms with van der Waals surface area (Å²) in [4.78, 5) is 15.9. The van der Waals surface area contributed by atoms with Gasteiger partial charge in [-0.25, -0.2) is 9.48 Å². The lowest BCUT2D eigenvalue weighted by Crippen LogP contribution is -2.42. The van der Waals surface area contributed by atoms with Gasteiger partial charge in [0.25, 0.3) is 0 Å². The first-order valence-electron chi connectivity index (χ1n) is 9.72. The van der Waals surface area contributed by atoms with Gasteiger partial charge >= 0.3 is 6.09 Å². The van der Waals surface area contributed by atoms with Gasteiger partial charge in [0.15, 0.2) is 5.96 Å². The van der Waals surface area contributed by atoms with Gasteiger partial charge in [-0.2, -0.15) is 5.10 Å². The van der Waals surface area contributed by atoms with E-state index in [4.69, 9.17) is 4.74 Å². The topological polar surface area (TPSA) is 92.6 Å². The first kappa shape index (κ1) is 22.3. The second kappa shape index (κ2) is 9.95. The van der Waals surface area contributed by atoms with E-state index in [0.717, 1.165) is 22.6 Å². The molecule has 8 nitrogen and oxygen atoms in total. The normalized spacial score (nSPS) is 11.9. The third-order valence-electron chi connectivity index (χ3n) is 3.98. The van der Waals surface area contributed by atoms with E-state index >= 15 is 0 Å². The Morgan fingerprint density at radius 1 is 1.14 bits per heavy atom. The molecule has 0 atom stereocenters. The van der Waals surface area contributed by atoms with Crippen LogP contribution in [0.2, 0.25) is 0 Å². The molecule has 0 radical (unpaired) electrons. The van der Waals surface area contributed by atoms with Crippen LogP contribution < -0.4 is 16.0 Å². The summed E-state index contributed by atoms with van der Waals surface area (Å²) in [5.74, 6) is 0.652. The van der Waals surface area contributed by atoms with E-state index in [1.165, 1.54) is 0 Å².